The molecule has 15 heavy (non-hydrogen) atoms. The zero-order chi connectivity index (χ0) is 10.7. The van der Waals surface area contributed by atoms with E-state index in [1.54, 1.807) is 0 Å². The van der Waals surface area contributed by atoms with Gasteiger partial charge in [-0.05, 0) is 19.1 Å². The maximum Gasteiger partial charge on any atom is 0.0622 e. The molecule has 0 spiro atoms. The molecule has 2 rings (SSSR count). The minimum Gasteiger partial charge on any atom is -0.379 e. The maximum atomic E-state index is 5.99. The molecular formula is C11H16N2OS. The molecule has 0 amide bonds. The normalized spacial score (nSPS) is 20.7. The molecule has 0 saturated carbocycles. The van der Waals surface area contributed by atoms with Crippen molar-refractivity contribution in [2.45, 2.75) is 23.5 Å². The van der Waals surface area contributed by atoms with E-state index in [1.807, 2.05) is 43.1 Å². The second-order valence-corrected chi connectivity index (χ2v) is 5.28. The molecule has 0 radical (unpaired) electrons. The number of ether oxygens (including phenoxy) is 1. The average Bonchev–Trinajstić information content (AvgIpc) is 2.17. The third-order valence-electron chi connectivity index (χ3n) is 2.40. The van der Waals surface area contributed by atoms with Crippen molar-refractivity contribution in [3.05, 3.63) is 30.1 Å². The van der Waals surface area contributed by atoms with Crippen molar-refractivity contribution in [1.29, 1.82) is 0 Å². The van der Waals surface area contributed by atoms with Crippen LogP contribution in [0.3, 0.4) is 0 Å². The van der Waals surface area contributed by atoms with Crippen molar-refractivity contribution < 1.29 is 4.74 Å². The summed E-state index contributed by atoms with van der Waals surface area (Å²) in [5, 5.41) is 0.864. The van der Waals surface area contributed by atoms with Gasteiger partial charge < -0.3 is 10.5 Å². The fourth-order valence-corrected chi connectivity index (χ4v) is 2.80. The summed E-state index contributed by atoms with van der Waals surface area (Å²) < 4.78 is 5.17. The van der Waals surface area contributed by atoms with E-state index in [-0.39, 0.29) is 11.3 Å². The highest BCUT2D eigenvalue weighted by Gasteiger charge is 2.27. The quantitative estimate of drug-likeness (QED) is 0.844. The Morgan fingerprint density at radius 1 is 1.53 bits per heavy atom. The van der Waals surface area contributed by atoms with E-state index in [1.165, 1.54) is 0 Å². The van der Waals surface area contributed by atoms with Crippen LogP contribution in [0, 0.1) is 0 Å². The molecule has 2 N–H and O–H groups in total. The Labute approximate surface area is 94.4 Å². The molecule has 82 valence electrons. The predicted octanol–water partition coefficient (Wildman–Crippen LogP) is 1.60. The SMILES string of the molecule is CC(N)C(SC1COC1)c1ccccn1. The Morgan fingerprint density at radius 3 is 2.80 bits per heavy atom. The van der Waals surface area contributed by atoms with Crippen LogP contribution < -0.4 is 5.73 Å². The number of hydrogen-bond donors (Lipinski definition) is 1. The first-order valence-electron chi connectivity index (χ1n) is 5.17. The van der Waals surface area contributed by atoms with Gasteiger partial charge in [-0.25, -0.2) is 0 Å². The number of nitrogens with two attached hydrogens (primary N) is 1. The molecule has 1 aliphatic rings. The Bertz CT molecular complexity index is 301. The van der Waals surface area contributed by atoms with Crippen molar-refractivity contribution in [1.82, 2.24) is 4.98 Å². The van der Waals surface area contributed by atoms with Gasteiger partial charge in [0.15, 0.2) is 0 Å². The van der Waals surface area contributed by atoms with Crippen LogP contribution in [-0.4, -0.2) is 29.5 Å². The fourth-order valence-electron chi connectivity index (χ4n) is 1.51. The van der Waals surface area contributed by atoms with Gasteiger partial charge in [-0.3, -0.25) is 4.98 Å². The average molecular weight is 224 g/mol. The van der Waals surface area contributed by atoms with E-state index < -0.39 is 0 Å². The first-order valence-corrected chi connectivity index (χ1v) is 6.11. The lowest BCUT2D eigenvalue weighted by Gasteiger charge is -2.30. The van der Waals surface area contributed by atoms with Crippen molar-refractivity contribution in [3.8, 4) is 0 Å². The van der Waals surface area contributed by atoms with Crippen molar-refractivity contribution in [2.24, 2.45) is 5.73 Å². The topological polar surface area (TPSA) is 48.1 Å². The highest BCUT2D eigenvalue weighted by Crippen LogP contribution is 2.35. The van der Waals surface area contributed by atoms with Gasteiger partial charge in [0, 0.05) is 12.2 Å². The predicted molar refractivity (Wildman–Crippen MR) is 62.8 cm³/mol. The molecule has 1 fully saturated rings. The summed E-state index contributed by atoms with van der Waals surface area (Å²) in [7, 11) is 0. The molecule has 2 heterocycles. The number of pyridine rings is 1. The van der Waals surface area contributed by atoms with Crippen LogP contribution in [0.4, 0.5) is 0 Å². The van der Waals surface area contributed by atoms with Crippen LogP contribution in [0.25, 0.3) is 0 Å². The number of hydrogen-bond acceptors (Lipinski definition) is 4. The van der Waals surface area contributed by atoms with Gasteiger partial charge in [0.2, 0.25) is 0 Å². The summed E-state index contributed by atoms with van der Waals surface area (Å²) in [6.07, 6.45) is 1.82. The standard InChI is InChI=1S/C11H16N2OS/c1-8(12)11(15-9-6-14-7-9)10-4-2-3-5-13-10/h2-5,8-9,11H,6-7,12H2,1H3. The summed E-state index contributed by atoms with van der Waals surface area (Å²) in [4.78, 5) is 4.37. The Morgan fingerprint density at radius 2 is 2.33 bits per heavy atom. The van der Waals surface area contributed by atoms with Crippen LogP contribution in [0.5, 0.6) is 0 Å². The van der Waals surface area contributed by atoms with Gasteiger partial charge >= 0.3 is 0 Å². The van der Waals surface area contributed by atoms with Gasteiger partial charge in [0.1, 0.15) is 0 Å². The van der Waals surface area contributed by atoms with Crippen LogP contribution >= 0.6 is 11.8 Å². The highest BCUT2D eigenvalue weighted by molar-refractivity contribution is 8.00. The summed E-state index contributed by atoms with van der Waals surface area (Å²) >= 11 is 1.88. The highest BCUT2D eigenvalue weighted by atomic mass is 32.2. The molecule has 0 aliphatic carbocycles. The minimum atomic E-state index is 0.116. The zero-order valence-corrected chi connectivity index (χ0v) is 9.61. The van der Waals surface area contributed by atoms with Crippen molar-refractivity contribution >= 4 is 11.8 Å². The molecule has 3 nitrogen and oxygen atoms in total. The van der Waals surface area contributed by atoms with Crippen LogP contribution in [0.15, 0.2) is 24.4 Å². The maximum absolute atomic E-state index is 5.99. The van der Waals surface area contributed by atoms with Crippen LogP contribution in [-0.2, 0) is 4.74 Å². The van der Waals surface area contributed by atoms with E-state index in [2.05, 4.69) is 4.98 Å². The summed E-state index contributed by atoms with van der Waals surface area (Å²) in [6.45, 7) is 3.73. The summed E-state index contributed by atoms with van der Waals surface area (Å²) in [6, 6.07) is 6.10. The smallest absolute Gasteiger partial charge is 0.0622 e. The van der Waals surface area contributed by atoms with E-state index in [4.69, 9.17) is 10.5 Å². The number of thioether (sulfide) groups is 1. The molecule has 1 aromatic heterocycles. The van der Waals surface area contributed by atoms with Crippen molar-refractivity contribution in [2.75, 3.05) is 13.2 Å². The Hall–Kier alpha value is -0.580. The van der Waals surface area contributed by atoms with E-state index in [9.17, 15) is 0 Å². The largest absolute Gasteiger partial charge is 0.379 e. The van der Waals surface area contributed by atoms with Gasteiger partial charge in [0.05, 0.1) is 29.4 Å². The molecule has 4 heteroatoms. The zero-order valence-electron chi connectivity index (χ0n) is 8.80. The molecule has 2 unspecified atom stereocenters. The second-order valence-electron chi connectivity index (χ2n) is 3.83. The first kappa shape index (κ1) is 10.9. The van der Waals surface area contributed by atoms with Gasteiger partial charge in [-0.15, -0.1) is 11.8 Å². The monoisotopic (exact) mass is 224 g/mol. The van der Waals surface area contributed by atoms with Crippen molar-refractivity contribution in [3.63, 3.8) is 0 Å². The number of nitrogens with zero attached hydrogens (tertiary/aromatic N) is 1. The Balaban J connectivity index is 2.05. The molecule has 0 bridgehead atoms. The summed E-state index contributed by atoms with van der Waals surface area (Å²) in [5.74, 6) is 0. The lowest BCUT2D eigenvalue weighted by molar-refractivity contribution is 0.0452. The molecule has 1 aliphatic heterocycles. The lowest BCUT2D eigenvalue weighted by atomic mass is 10.2. The second kappa shape index (κ2) is 4.96. The van der Waals surface area contributed by atoms with Gasteiger partial charge in [-0.2, -0.15) is 0 Å². The minimum absolute atomic E-state index is 0.116. The molecule has 1 aromatic rings. The lowest BCUT2D eigenvalue weighted by Crippen LogP contribution is -2.34. The van der Waals surface area contributed by atoms with Crippen LogP contribution in [0.2, 0.25) is 0 Å². The number of rotatable bonds is 4. The third kappa shape index (κ3) is 2.71. The van der Waals surface area contributed by atoms with E-state index in [0.29, 0.717) is 5.25 Å². The fraction of sp³-hybridized carbons (Fsp3) is 0.545. The molecular weight excluding hydrogens is 208 g/mol. The van der Waals surface area contributed by atoms with E-state index >= 15 is 0 Å². The first-order chi connectivity index (χ1) is 7.27. The Kier molecular flexibility index (Phi) is 3.61. The van der Waals surface area contributed by atoms with E-state index in [0.717, 1.165) is 18.9 Å². The molecule has 0 aromatic carbocycles. The molecule has 1 saturated heterocycles. The number of aromatic nitrogens is 1. The third-order valence-corrected chi connectivity index (χ3v) is 4.02. The molecule has 2 atom stereocenters. The van der Waals surface area contributed by atoms with Crippen LogP contribution in [0.1, 0.15) is 17.9 Å². The van der Waals surface area contributed by atoms with Gasteiger partial charge in [-0.1, -0.05) is 6.07 Å². The van der Waals surface area contributed by atoms with Gasteiger partial charge in [0.25, 0.3) is 0 Å². The summed E-state index contributed by atoms with van der Waals surface area (Å²) in [5.41, 5.74) is 7.07.